The van der Waals surface area contributed by atoms with Crippen molar-refractivity contribution in [3.8, 4) is 0 Å². The summed E-state index contributed by atoms with van der Waals surface area (Å²) >= 11 is 3.41. The van der Waals surface area contributed by atoms with Crippen LogP contribution in [0.3, 0.4) is 0 Å². The number of nitrogens with one attached hydrogen (secondary N) is 1. The summed E-state index contributed by atoms with van der Waals surface area (Å²) in [7, 11) is 1.46. The van der Waals surface area contributed by atoms with Crippen molar-refractivity contribution in [2.24, 2.45) is 0 Å². The number of rotatable bonds is 3. The number of methoxy groups -OCH3 is 1. The second-order valence-corrected chi connectivity index (χ2v) is 5.52. The molecule has 1 fully saturated rings. The highest BCUT2D eigenvalue weighted by Crippen LogP contribution is 2.27. The standard InChI is InChI=1S/C14H18BrNO2.ClH/c1-18-14(17)13(12-4-2-3-9-16-12)10-5-7-11(15)8-6-10;/h5-8,12-13,16H,2-4,9H2,1H3;1H/t12-,13-;/m0./s1. The van der Waals surface area contributed by atoms with Crippen LogP contribution in [-0.2, 0) is 9.53 Å². The molecule has 0 saturated carbocycles. The van der Waals surface area contributed by atoms with Crippen LogP contribution < -0.4 is 5.32 Å². The third-order valence-electron chi connectivity index (χ3n) is 3.44. The van der Waals surface area contributed by atoms with Gasteiger partial charge in [0.25, 0.3) is 0 Å². The normalized spacial score (nSPS) is 20.2. The third-order valence-corrected chi connectivity index (χ3v) is 3.96. The number of halogens is 2. The molecule has 0 bridgehead atoms. The molecule has 0 radical (unpaired) electrons. The minimum Gasteiger partial charge on any atom is -0.469 e. The maximum Gasteiger partial charge on any atom is 0.314 e. The molecule has 1 aromatic rings. The van der Waals surface area contributed by atoms with Crippen LogP contribution in [0.4, 0.5) is 0 Å². The lowest BCUT2D eigenvalue weighted by molar-refractivity contribution is -0.143. The lowest BCUT2D eigenvalue weighted by Gasteiger charge is -2.30. The molecule has 1 aliphatic rings. The van der Waals surface area contributed by atoms with Gasteiger partial charge in [-0.1, -0.05) is 34.5 Å². The van der Waals surface area contributed by atoms with Gasteiger partial charge < -0.3 is 10.1 Å². The minimum absolute atomic E-state index is 0. The Labute approximate surface area is 128 Å². The van der Waals surface area contributed by atoms with Gasteiger partial charge in [-0.05, 0) is 37.1 Å². The van der Waals surface area contributed by atoms with Crippen molar-refractivity contribution in [2.45, 2.75) is 31.2 Å². The lowest BCUT2D eigenvalue weighted by atomic mass is 9.86. The zero-order chi connectivity index (χ0) is 13.0. The van der Waals surface area contributed by atoms with E-state index in [9.17, 15) is 4.79 Å². The molecule has 2 rings (SSSR count). The smallest absolute Gasteiger partial charge is 0.314 e. The van der Waals surface area contributed by atoms with E-state index >= 15 is 0 Å². The molecule has 106 valence electrons. The van der Waals surface area contributed by atoms with E-state index in [1.807, 2.05) is 24.3 Å². The van der Waals surface area contributed by atoms with Crippen LogP contribution in [0.15, 0.2) is 28.7 Å². The number of benzene rings is 1. The van der Waals surface area contributed by atoms with Crippen molar-refractivity contribution in [3.05, 3.63) is 34.3 Å². The largest absolute Gasteiger partial charge is 0.469 e. The number of carbonyl (C=O) groups is 1. The summed E-state index contributed by atoms with van der Waals surface area (Å²) in [4.78, 5) is 12.0. The van der Waals surface area contributed by atoms with Crippen molar-refractivity contribution in [3.63, 3.8) is 0 Å². The molecule has 1 aliphatic heterocycles. The van der Waals surface area contributed by atoms with E-state index in [1.165, 1.54) is 20.0 Å². The summed E-state index contributed by atoms with van der Waals surface area (Å²) in [5.74, 6) is -0.361. The summed E-state index contributed by atoms with van der Waals surface area (Å²) in [6.07, 6.45) is 3.38. The highest BCUT2D eigenvalue weighted by molar-refractivity contribution is 9.10. The topological polar surface area (TPSA) is 38.3 Å². The summed E-state index contributed by atoms with van der Waals surface area (Å²) in [6, 6.07) is 8.10. The van der Waals surface area contributed by atoms with E-state index in [2.05, 4.69) is 21.2 Å². The van der Waals surface area contributed by atoms with E-state index in [-0.39, 0.29) is 30.3 Å². The predicted octanol–water partition coefficient (Wildman–Crippen LogP) is 3.27. The molecule has 0 unspecified atom stereocenters. The van der Waals surface area contributed by atoms with Gasteiger partial charge in [-0.3, -0.25) is 4.79 Å². The van der Waals surface area contributed by atoms with Gasteiger partial charge in [0.15, 0.2) is 0 Å². The monoisotopic (exact) mass is 347 g/mol. The number of hydrogen-bond acceptors (Lipinski definition) is 3. The Bertz CT molecular complexity index is 404. The highest BCUT2D eigenvalue weighted by Gasteiger charge is 2.31. The van der Waals surface area contributed by atoms with E-state index in [0.29, 0.717) is 0 Å². The van der Waals surface area contributed by atoms with Gasteiger partial charge >= 0.3 is 5.97 Å². The molecule has 1 heterocycles. The molecule has 1 N–H and O–H groups in total. The molecule has 1 saturated heterocycles. The number of ether oxygens (including phenoxy) is 1. The van der Waals surface area contributed by atoms with E-state index in [0.717, 1.165) is 23.0 Å². The SMILES string of the molecule is COC(=O)[C@@H](c1ccc(Br)cc1)[C@@H]1CCCCN1.Cl. The van der Waals surface area contributed by atoms with Crippen LogP contribution >= 0.6 is 28.3 Å². The third kappa shape index (κ3) is 4.20. The van der Waals surface area contributed by atoms with Crippen LogP contribution in [0.5, 0.6) is 0 Å². The maximum atomic E-state index is 12.0. The van der Waals surface area contributed by atoms with E-state index in [1.54, 1.807) is 0 Å². The molecule has 0 aliphatic carbocycles. The van der Waals surface area contributed by atoms with E-state index in [4.69, 9.17) is 4.74 Å². The van der Waals surface area contributed by atoms with Crippen molar-refractivity contribution in [1.82, 2.24) is 5.32 Å². The first-order valence-corrected chi connectivity index (χ1v) is 7.08. The van der Waals surface area contributed by atoms with Gasteiger partial charge in [-0.2, -0.15) is 0 Å². The predicted molar refractivity (Wildman–Crippen MR) is 81.8 cm³/mol. The van der Waals surface area contributed by atoms with Gasteiger partial charge in [0.2, 0.25) is 0 Å². The van der Waals surface area contributed by atoms with Gasteiger partial charge in [0.05, 0.1) is 13.0 Å². The zero-order valence-electron chi connectivity index (χ0n) is 10.9. The molecule has 0 spiro atoms. The molecular formula is C14H19BrClNO2. The first-order chi connectivity index (χ1) is 8.72. The Morgan fingerprint density at radius 3 is 2.58 bits per heavy atom. The Kier molecular flexibility index (Phi) is 6.83. The van der Waals surface area contributed by atoms with Gasteiger partial charge in [0, 0.05) is 10.5 Å². The summed E-state index contributed by atoms with van der Waals surface area (Å²) in [5, 5.41) is 3.43. The zero-order valence-corrected chi connectivity index (χ0v) is 13.3. The molecule has 0 amide bonds. The number of hydrogen-bond donors (Lipinski definition) is 1. The Balaban J connectivity index is 0.00000180. The van der Waals surface area contributed by atoms with Crippen molar-refractivity contribution >= 4 is 34.3 Å². The van der Waals surface area contributed by atoms with Crippen LogP contribution in [0, 0.1) is 0 Å². The van der Waals surface area contributed by atoms with Gasteiger partial charge in [-0.15, -0.1) is 12.4 Å². The maximum absolute atomic E-state index is 12.0. The second-order valence-electron chi connectivity index (χ2n) is 4.61. The summed E-state index contributed by atoms with van der Waals surface area (Å²) in [6.45, 7) is 0.981. The fourth-order valence-electron chi connectivity index (χ4n) is 2.49. The second kappa shape index (κ2) is 7.88. The van der Waals surface area contributed by atoms with Crippen LogP contribution in [0.1, 0.15) is 30.7 Å². The molecular weight excluding hydrogens is 330 g/mol. The lowest BCUT2D eigenvalue weighted by Crippen LogP contribution is -2.42. The Morgan fingerprint density at radius 2 is 2.05 bits per heavy atom. The first kappa shape index (κ1) is 16.5. The molecule has 1 aromatic carbocycles. The van der Waals surface area contributed by atoms with Crippen molar-refractivity contribution in [2.75, 3.05) is 13.7 Å². The summed E-state index contributed by atoms with van der Waals surface area (Å²) < 4.78 is 5.98. The van der Waals surface area contributed by atoms with Crippen LogP contribution in [0.2, 0.25) is 0 Å². The molecule has 2 atom stereocenters. The highest BCUT2D eigenvalue weighted by atomic mass is 79.9. The van der Waals surface area contributed by atoms with E-state index < -0.39 is 0 Å². The van der Waals surface area contributed by atoms with Crippen LogP contribution in [0.25, 0.3) is 0 Å². The molecule has 5 heteroatoms. The van der Waals surface area contributed by atoms with Gasteiger partial charge in [0.1, 0.15) is 0 Å². The average Bonchev–Trinajstić information content (AvgIpc) is 2.42. The Hall–Kier alpha value is -0.580. The number of piperidine rings is 1. The van der Waals surface area contributed by atoms with Gasteiger partial charge in [-0.25, -0.2) is 0 Å². The average molecular weight is 349 g/mol. The summed E-state index contributed by atoms with van der Waals surface area (Å²) in [5.41, 5.74) is 1.02. The van der Waals surface area contributed by atoms with Crippen molar-refractivity contribution < 1.29 is 9.53 Å². The Morgan fingerprint density at radius 1 is 1.37 bits per heavy atom. The number of carbonyl (C=O) groups excluding carboxylic acids is 1. The van der Waals surface area contributed by atoms with Crippen LogP contribution in [-0.4, -0.2) is 25.7 Å². The molecule has 3 nitrogen and oxygen atoms in total. The first-order valence-electron chi connectivity index (χ1n) is 6.29. The fraction of sp³-hybridized carbons (Fsp3) is 0.500. The fourth-order valence-corrected chi connectivity index (χ4v) is 2.76. The molecule has 0 aromatic heterocycles. The quantitative estimate of drug-likeness (QED) is 0.852. The minimum atomic E-state index is -0.205. The van der Waals surface area contributed by atoms with Crippen molar-refractivity contribution in [1.29, 1.82) is 0 Å². The molecule has 19 heavy (non-hydrogen) atoms. The number of esters is 1.